The Balaban J connectivity index is 1.72. The van der Waals surface area contributed by atoms with Gasteiger partial charge in [-0.3, -0.25) is 0 Å². The third-order valence-electron chi connectivity index (χ3n) is 5.32. The van der Waals surface area contributed by atoms with E-state index in [9.17, 15) is 0 Å². The summed E-state index contributed by atoms with van der Waals surface area (Å²) < 4.78 is 7.62. The molecule has 1 unspecified atom stereocenters. The number of anilines is 1. The highest BCUT2D eigenvalue weighted by Gasteiger charge is 2.24. The molecule has 2 aromatic rings. The molecule has 2 fully saturated rings. The van der Waals surface area contributed by atoms with Crippen LogP contribution in [0.1, 0.15) is 50.8 Å². The maximum absolute atomic E-state index is 5.72. The summed E-state index contributed by atoms with van der Waals surface area (Å²) in [5.74, 6) is 3.59. The van der Waals surface area contributed by atoms with Gasteiger partial charge in [-0.1, -0.05) is 19.3 Å². The minimum absolute atomic E-state index is 0.432. The first-order chi connectivity index (χ1) is 12.7. The number of nitrogens with two attached hydrogens (primary N) is 1. The third kappa shape index (κ3) is 3.61. The Bertz CT molecular complexity index is 740. The van der Waals surface area contributed by atoms with E-state index in [0.29, 0.717) is 36.8 Å². The first-order valence-corrected chi connectivity index (χ1v) is 9.83. The van der Waals surface area contributed by atoms with E-state index in [-0.39, 0.29) is 0 Å². The summed E-state index contributed by atoms with van der Waals surface area (Å²) in [7, 11) is 0. The van der Waals surface area contributed by atoms with Crippen molar-refractivity contribution < 1.29 is 4.74 Å². The molecule has 4 rings (SSSR count). The molecular weight excluding hydrogens is 330 g/mol. The number of fused-ring (bicyclic) bond motifs is 1. The molecule has 0 amide bonds. The lowest BCUT2D eigenvalue weighted by atomic mass is 9.89. The predicted molar refractivity (Wildman–Crippen MR) is 101 cm³/mol. The van der Waals surface area contributed by atoms with Gasteiger partial charge in [0.15, 0.2) is 5.82 Å². The van der Waals surface area contributed by atoms with Crippen molar-refractivity contribution in [3.05, 3.63) is 11.9 Å². The van der Waals surface area contributed by atoms with Crippen LogP contribution in [0.2, 0.25) is 0 Å². The zero-order valence-electron chi connectivity index (χ0n) is 15.5. The van der Waals surface area contributed by atoms with Crippen molar-refractivity contribution >= 4 is 11.6 Å². The number of hydrogen-bond acceptors (Lipinski definition) is 7. The smallest absolute Gasteiger partial charge is 0.257 e. The van der Waals surface area contributed by atoms with Crippen molar-refractivity contribution in [2.24, 2.45) is 5.73 Å². The molecule has 26 heavy (non-hydrogen) atoms. The Morgan fingerprint density at radius 2 is 2.12 bits per heavy atom. The fraction of sp³-hybridized carbons (Fsp3) is 0.722. The van der Waals surface area contributed by atoms with E-state index in [0.717, 1.165) is 31.3 Å². The van der Waals surface area contributed by atoms with E-state index in [1.807, 2.05) is 10.6 Å². The van der Waals surface area contributed by atoms with Gasteiger partial charge in [-0.15, -0.1) is 5.10 Å². The zero-order chi connectivity index (χ0) is 17.9. The Hall–Kier alpha value is -1.93. The van der Waals surface area contributed by atoms with E-state index >= 15 is 0 Å². The second-order valence-electron chi connectivity index (χ2n) is 7.41. The van der Waals surface area contributed by atoms with Gasteiger partial charge in [0.2, 0.25) is 5.88 Å². The Labute approximate surface area is 154 Å². The van der Waals surface area contributed by atoms with Crippen LogP contribution in [0, 0.1) is 0 Å². The molecule has 1 saturated carbocycles. The molecule has 1 saturated heterocycles. The zero-order valence-corrected chi connectivity index (χ0v) is 15.5. The monoisotopic (exact) mass is 359 g/mol. The van der Waals surface area contributed by atoms with Gasteiger partial charge in [0.1, 0.15) is 12.4 Å². The van der Waals surface area contributed by atoms with E-state index in [2.05, 4.69) is 22.1 Å². The number of ether oxygens (including phenoxy) is 1. The second kappa shape index (κ2) is 7.75. The Morgan fingerprint density at radius 1 is 1.27 bits per heavy atom. The van der Waals surface area contributed by atoms with Gasteiger partial charge in [0.25, 0.3) is 5.78 Å². The quantitative estimate of drug-likeness (QED) is 0.831. The highest BCUT2D eigenvalue weighted by Crippen LogP contribution is 2.32. The van der Waals surface area contributed by atoms with Crippen LogP contribution in [-0.2, 0) is 0 Å². The van der Waals surface area contributed by atoms with Gasteiger partial charge in [0, 0.05) is 44.2 Å². The molecule has 1 atom stereocenters. The lowest BCUT2D eigenvalue weighted by Gasteiger charge is -2.33. The van der Waals surface area contributed by atoms with Crippen LogP contribution in [0.15, 0.2) is 6.07 Å². The number of hydrogen-bond donors (Lipinski definition) is 2. The lowest BCUT2D eigenvalue weighted by Crippen LogP contribution is -2.49. The van der Waals surface area contributed by atoms with E-state index in [1.54, 1.807) is 0 Å². The highest BCUT2D eigenvalue weighted by molar-refractivity contribution is 5.50. The topological polar surface area (TPSA) is 93.6 Å². The average Bonchev–Trinajstić information content (AvgIpc) is 3.10. The largest absolute Gasteiger partial charge is 0.476 e. The number of rotatable bonds is 5. The summed E-state index contributed by atoms with van der Waals surface area (Å²) in [6.07, 6.45) is 6.20. The molecule has 1 aliphatic carbocycles. The highest BCUT2D eigenvalue weighted by atomic mass is 16.5. The minimum Gasteiger partial charge on any atom is -0.476 e. The molecule has 0 bridgehead atoms. The maximum atomic E-state index is 5.72. The fourth-order valence-electron chi connectivity index (χ4n) is 3.98. The van der Waals surface area contributed by atoms with Crippen molar-refractivity contribution in [3.8, 4) is 5.88 Å². The van der Waals surface area contributed by atoms with Crippen LogP contribution in [0.4, 0.5) is 5.82 Å². The molecule has 3 heterocycles. The van der Waals surface area contributed by atoms with Crippen LogP contribution in [0.3, 0.4) is 0 Å². The second-order valence-corrected chi connectivity index (χ2v) is 7.41. The molecule has 2 aliphatic rings. The van der Waals surface area contributed by atoms with E-state index in [1.165, 1.54) is 32.1 Å². The number of nitrogens with zero attached hydrogens (tertiary/aromatic N) is 5. The van der Waals surface area contributed by atoms with E-state index < -0.39 is 0 Å². The average molecular weight is 359 g/mol. The molecule has 0 spiro atoms. The fourth-order valence-corrected chi connectivity index (χ4v) is 3.98. The molecule has 1 aliphatic heterocycles. The van der Waals surface area contributed by atoms with Crippen molar-refractivity contribution in [1.82, 2.24) is 24.9 Å². The molecule has 0 aromatic carbocycles. The number of piperazine rings is 1. The standard InChI is InChI=1S/C18H29N7O/c1-13-12-24(9-8-20-13)16-11-15(26-10-7-19)21-18-22-17(23-25(16)18)14-5-3-2-4-6-14/h11,13-14,20H,2-10,12,19H2,1H3. The summed E-state index contributed by atoms with van der Waals surface area (Å²) in [6.45, 7) is 5.92. The van der Waals surface area contributed by atoms with Crippen LogP contribution >= 0.6 is 0 Å². The van der Waals surface area contributed by atoms with Crippen LogP contribution in [-0.4, -0.2) is 58.4 Å². The molecule has 8 nitrogen and oxygen atoms in total. The maximum Gasteiger partial charge on any atom is 0.257 e. The van der Waals surface area contributed by atoms with Gasteiger partial charge in [0.05, 0.1) is 0 Å². The molecular formula is C18H29N7O. The van der Waals surface area contributed by atoms with E-state index in [4.69, 9.17) is 20.6 Å². The normalized spacial score (nSPS) is 22.1. The predicted octanol–water partition coefficient (Wildman–Crippen LogP) is 1.31. The van der Waals surface area contributed by atoms with Gasteiger partial charge in [-0.25, -0.2) is 0 Å². The van der Waals surface area contributed by atoms with Crippen molar-refractivity contribution in [2.45, 2.75) is 51.0 Å². The SMILES string of the molecule is CC1CN(c2cc(OCCN)nc3nc(C4CCCCC4)nn23)CCN1. The van der Waals surface area contributed by atoms with Gasteiger partial charge in [-0.2, -0.15) is 14.5 Å². The first kappa shape index (κ1) is 17.5. The molecule has 0 radical (unpaired) electrons. The summed E-state index contributed by atoms with van der Waals surface area (Å²) >= 11 is 0. The van der Waals surface area contributed by atoms with Crippen molar-refractivity contribution in [2.75, 3.05) is 37.7 Å². The Morgan fingerprint density at radius 3 is 2.88 bits per heavy atom. The van der Waals surface area contributed by atoms with Crippen LogP contribution in [0.5, 0.6) is 5.88 Å². The molecule has 3 N–H and O–H groups in total. The first-order valence-electron chi connectivity index (χ1n) is 9.83. The van der Waals surface area contributed by atoms with Crippen molar-refractivity contribution in [1.29, 1.82) is 0 Å². The van der Waals surface area contributed by atoms with Gasteiger partial charge in [-0.05, 0) is 19.8 Å². The van der Waals surface area contributed by atoms with Gasteiger partial charge < -0.3 is 20.7 Å². The number of aromatic nitrogens is 4. The molecule has 142 valence electrons. The summed E-state index contributed by atoms with van der Waals surface area (Å²) in [4.78, 5) is 11.7. The molecule has 2 aromatic heterocycles. The number of nitrogens with one attached hydrogen (secondary N) is 1. The third-order valence-corrected chi connectivity index (χ3v) is 5.32. The van der Waals surface area contributed by atoms with Crippen LogP contribution in [0.25, 0.3) is 5.78 Å². The Kier molecular flexibility index (Phi) is 5.21. The summed E-state index contributed by atoms with van der Waals surface area (Å²) in [5, 5.41) is 8.34. The van der Waals surface area contributed by atoms with Crippen molar-refractivity contribution in [3.63, 3.8) is 0 Å². The minimum atomic E-state index is 0.432. The lowest BCUT2D eigenvalue weighted by molar-refractivity contribution is 0.315. The van der Waals surface area contributed by atoms with Gasteiger partial charge >= 0.3 is 0 Å². The van der Waals surface area contributed by atoms with Crippen LogP contribution < -0.4 is 20.7 Å². The molecule has 8 heteroatoms. The summed E-state index contributed by atoms with van der Waals surface area (Å²) in [6, 6.07) is 2.40. The summed E-state index contributed by atoms with van der Waals surface area (Å²) in [5.41, 5.74) is 5.59.